The van der Waals surface area contributed by atoms with Gasteiger partial charge in [-0.15, -0.1) is 0 Å². The van der Waals surface area contributed by atoms with E-state index in [1.807, 2.05) is 24.3 Å². The van der Waals surface area contributed by atoms with E-state index in [0.717, 1.165) is 44.4 Å². The molecule has 0 unspecified atom stereocenters. The summed E-state index contributed by atoms with van der Waals surface area (Å²) < 4.78 is 0. The molecule has 1 aromatic carbocycles. The molecule has 23 heavy (non-hydrogen) atoms. The van der Waals surface area contributed by atoms with Crippen LogP contribution in [0.15, 0.2) is 24.3 Å². The molecule has 0 aromatic heterocycles. The molecule has 0 radical (unpaired) electrons. The number of unbranched alkanes of at least 4 members (excludes halogenated alkanes) is 1. The van der Waals surface area contributed by atoms with Gasteiger partial charge in [0, 0.05) is 11.7 Å². The topological polar surface area (TPSA) is 58.2 Å². The van der Waals surface area contributed by atoms with Gasteiger partial charge in [-0.05, 0) is 62.1 Å². The van der Waals surface area contributed by atoms with Crippen molar-refractivity contribution in [1.29, 1.82) is 0 Å². The van der Waals surface area contributed by atoms with Gasteiger partial charge >= 0.3 is 11.8 Å². The van der Waals surface area contributed by atoms with Crippen molar-refractivity contribution in [1.82, 2.24) is 5.32 Å². The number of carbonyl (C=O) groups excluding carboxylic acids is 2. The monoisotopic (exact) mass is 316 g/mol. The van der Waals surface area contributed by atoms with Crippen molar-refractivity contribution in [3.05, 3.63) is 29.8 Å². The molecule has 2 rings (SSSR count). The summed E-state index contributed by atoms with van der Waals surface area (Å²) in [7, 11) is 0. The average Bonchev–Trinajstić information content (AvgIpc) is 2.56. The van der Waals surface area contributed by atoms with Crippen LogP contribution < -0.4 is 10.6 Å². The quantitative estimate of drug-likeness (QED) is 0.814. The van der Waals surface area contributed by atoms with Crippen molar-refractivity contribution in [2.45, 2.75) is 64.8 Å². The van der Waals surface area contributed by atoms with E-state index >= 15 is 0 Å². The van der Waals surface area contributed by atoms with Crippen LogP contribution >= 0.6 is 0 Å². The lowest BCUT2D eigenvalue weighted by Gasteiger charge is -2.26. The van der Waals surface area contributed by atoms with Crippen molar-refractivity contribution in [3.63, 3.8) is 0 Å². The van der Waals surface area contributed by atoms with Crippen LogP contribution in [0.4, 0.5) is 5.69 Å². The highest BCUT2D eigenvalue weighted by Crippen LogP contribution is 2.23. The van der Waals surface area contributed by atoms with E-state index in [4.69, 9.17) is 0 Å². The Balaban J connectivity index is 1.80. The van der Waals surface area contributed by atoms with Crippen molar-refractivity contribution < 1.29 is 9.59 Å². The zero-order chi connectivity index (χ0) is 16.7. The predicted octanol–water partition coefficient (Wildman–Crippen LogP) is 3.66. The number of rotatable bonds is 5. The molecule has 1 saturated carbocycles. The largest absolute Gasteiger partial charge is 0.345 e. The van der Waals surface area contributed by atoms with Gasteiger partial charge in [-0.2, -0.15) is 0 Å². The third kappa shape index (κ3) is 5.70. The second-order valence-corrected chi connectivity index (χ2v) is 6.68. The highest BCUT2D eigenvalue weighted by Gasteiger charge is 2.22. The number of anilines is 1. The van der Waals surface area contributed by atoms with Crippen LogP contribution in [0.25, 0.3) is 0 Å². The van der Waals surface area contributed by atoms with Crippen LogP contribution in [-0.2, 0) is 16.0 Å². The average molecular weight is 316 g/mol. The van der Waals surface area contributed by atoms with Crippen LogP contribution in [0.1, 0.15) is 57.9 Å². The summed E-state index contributed by atoms with van der Waals surface area (Å²) in [6.07, 6.45) is 7.54. The van der Waals surface area contributed by atoms with Crippen molar-refractivity contribution in [3.8, 4) is 0 Å². The Kier molecular flexibility index (Phi) is 6.63. The molecule has 1 fully saturated rings. The first kappa shape index (κ1) is 17.5. The van der Waals surface area contributed by atoms with Crippen molar-refractivity contribution in [2.75, 3.05) is 5.32 Å². The number of hydrogen-bond donors (Lipinski definition) is 2. The molecule has 2 amide bonds. The molecule has 1 aliphatic rings. The Morgan fingerprint density at radius 3 is 2.30 bits per heavy atom. The Hall–Kier alpha value is -1.84. The molecule has 4 nitrogen and oxygen atoms in total. The maximum atomic E-state index is 12.0. The summed E-state index contributed by atoms with van der Waals surface area (Å²) in [5.41, 5.74) is 1.92. The van der Waals surface area contributed by atoms with E-state index in [0.29, 0.717) is 5.69 Å². The van der Waals surface area contributed by atoms with Gasteiger partial charge in [-0.3, -0.25) is 9.59 Å². The SMILES string of the molecule is CCCCc1ccc(NC(=O)C(=O)NC2CCC(C)CC2)cc1. The number of carbonyl (C=O) groups is 2. The number of benzene rings is 1. The molecule has 1 aromatic rings. The van der Waals surface area contributed by atoms with Crippen LogP contribution in [0.2, 0.25) is 0 Å². The summed E-state index contributed by atoms with van der Waals surface area (Å²) in [6, 6.07) is 7.87. The summed E-state index contributed by atoms with van der Waals surface area (Å²) in [4.78, 5) is 24.0. The summed E-state index contributed by atoms with van der Waals surface area (Å²) >= 11 is 0. The summed E-state index contributed by atoms with van der Waals surface area (Å²) in [5, 5.41) is 5.52. The Morgan fingerprint density at radius 2 is 1.70 bits per heavy atom. The maximum absolute atomic E-state index is 12.0. The van der Waals surface area contributed by atoms with Gasteiger partial charge in [0.2, 0.25) is 0 Å². The molecule has 0 heterocycles. The van der Waals surface area contributed by atoms with E-state index in [9.17, 15) is 9.59 Å². The Bertz CT molecular complexity index is 517. The minimum atomic E-state index is -0.579. The third-order valence-corrected chi connectivity index (χ3v) is 4.59. The van der Waals surface area contributed by atoms with Crippen molar-refractivity contribution in [2.24, 2.45) is 5.92 Å². The van der Waals surface area contributed by atoms with Gasteiger partial charge in [0.15, 0.2) is 0 Å². The lowest BCUT2D eigenvalue weighted by molar-refractivity contribution is -0.136. The van der Waals surface area contributed by atoms with Crippen LogP contribution in [0, 0.1) is 5.92 Å². The fourth-order valence-electron chi connectivity index (χ4n) is 2.98. The molecular weight excluding hydrogens is 288 g/mol. The van der Waals surface area contributed by atoms with E-state index in [2.05, 4.69) is 24.5 Å². The van der Waals surface area contributed by atoms with E-state index in [1.165, 1.54) is 12.0 Å². The number of amides is 2. The summed E-state index contributed by atoms with van der Waals surface area (Å²) in [6.45, 7) is 4.40. The smallest absolute Gasteiger partial charge is 0.313 e. The van der Waals surface area contributed by atoms with E-state index in [1.54, 1.807) is 0 Å². The predicted molar refractivity (Wildman–Crippen MR) is 93.2 cm³/mol. The molecule has 0 aliphatic heterocycles. The van der Waals surface area contributed by atoms with Crippen LogP contribution in [-0.4, -0.2) is 17.9 Å². The zero-order valence-electron chi connectivity index (χ0n) is 14.2. The normalized spacial score (nSPS) is 20.8. The molecule has 2 N–H and O–H groups in total. The highest BCUT2D eigenvalue weighted by atomic mass is 16.2. The van der Waals surface area contributed by atoms with Gasteiger partial charge < -0.3 is 10.6 Å². The van der Waals surface area contributed by atoms with E-state index in [-0.39, 0.29) is 6.04 Å². The molecule has 1 aliphatic carbocycles. The standard InChI is InChI=1S/C19H28N2O2/c1-3-4-5-15-8-12-17(13-9-15)21-19(23)18(22)20-16-10-6-14(2)7-11-16/h8-9,12-14,16H,3-7,10-11H2,1-2H3,(H,20,22)(H,21,23). The number of aryl methyl sites for hydroxylation is 1. The minimum absolute atomic E-state index is 0.140. The second-order valence-electron chi connectivity index (χ2n) is 6.68. The first-order valence-electron chi connectivity index (χ1n) is 8.79. The highest BCUT2D eigenvalue weighted by molar-refractivity contribution is 6.39. The molecule has 0 atom stereocenters. The molecule has 126 valence electrons. The van der Waals surface area contributed by atoms with Gasteiger partial charge in [0.05, 0.1) is 0 Å². The van der Waals surface area contributed by atoms with Crippen LogP contribution in [0.3, 0.4) is 0 Å². The third-order valence-electron chi connectivity index (χ3n) is 4.59. The molecule has 0 spiro atoms. The first-order chi connectivity index (χ1) is 11.1. The number of hydrogen-bond acceptors (Lipinski definition) is 2. The van der Waals surface area contributed by atoms with Gasteiger partial charge in [-0.25, -0.2) is 0 Å². The second kappa shape index (κ2) is 8.70. The summed E-state index contributed by atoms with van der Waals surface area (Å²) in [5.74, 6) is -0.382. The minimum Gasteiger partial charge on any atom is -0.345 e. The fourth-order valence-corrected chi connectivity index (χ4v) is 2.98. The first-order valence-corrected chi connectivity index (χ1v) is 8.79. The molecular formula is C19H28N2O2. The zero-order valence-corrected chi connectivity index (χ0v) is 14.2. The lowest BCUT2D eigenvalue weighted by atomic mass is 9.87. The van der Waals surface area contributed by atoms with Gasteiger partial charge in [-0.1, -0.05) is 32.4 Å². The Labute approximate surface area is 139 Å². The molecule has 0 bridgehead atoms. The van der Waals surface area contributed by atoms with Crippen LogP contribution in [0.5, 0.6) is 0 Å². The van der Waals surface area contributed by atoms with Gasteiger partial charge in [0.1, 0.15) is 0 Å². The van der Waals surface area contributed by atoms with Crippen molar-refractivity contribution >= 4 is 17.5 Å². The maximum Gasteiger partial charge on any atom is 0.313 e. The number of nitrogens with one attached hydrogen (secondary N) is 2. The fraction of sp³-hybridized carbons (Fsp3) is 0.579. The Morgan fingerprint density at radius 1 is 1.04 bits per heavy atom. The lowest BCUT2D eigenvalue weighted by Crippen LogP contribution is -2.43. The molecule has 0 saturated heterocycles. The molecule has 4 heteroatoms. The van der Waals surface area contributed by atoms with E-state index < -0.39 is 11.8 Å². The van der Waals surface area contributed by atoms with Gasteiger partial charge in [0.25, 0.3) is 0 Å².